The lowest BCUT2D eigenvalue weighted by Gasteiger charge is -2.24. The highest BCUT2D eigenvalue weighted by Gasteiger charge is 2.24. The number of amides is 1. The smallest absolute Gasteiger partial charge is 0.306 e. The number of carbonyl (C=O) groups is 2. The predicted molar refractivity (Wildman–Crippen MR) is 232 cm³/mol. The topological polar surface area (TPSA) is 95.9 Å². The minimum absolute atomic E-state index is 0.0704. The first kappa shape index (κ1) is 52.1. The Morgan fingerprint density at radius 1 is 0.537 bits per heavy atom. The van der Waals surface area contributed by atoms with Gasteiger partial charge in [0, 0.05) is 6.42 Å². The zero-order valence-electron chi connectivity index (χ0n) is 35.9. The molecule has 6 heteroatoms. The Hall–Kier alpha value is -1.92. The van der Waals surface area contributed by atoms with Crippen LogP contribution in [0.25, 0.3) is 0 Å². The number of nitrogens with one attached hydrogen (secondary N) is 1. The number of ether oxygens (including phenoxy) is 1. The van der Waals surface area contributed by atoms with Crippen LogP contribution < -0.4 is 5.32 Å². The Bertz CT molecular complexity index is 900. The minimum Gasteiger partial charge on any atom is -0.462 e. The third-order valence-corrected chi connectivity index (χ3v) is 10.5. The van der Waals surface area contributed by atoms with E-state index in [-0.39, 0.29) is 24.9 Å². The van der Waals surface area contributed by atoms with Crippen LogP contribution in [0.2, 0.25) is 0 Å². The van der Waals surface area contributed by atoms with E-state index in [0.717, 1.165) is 83.5 Å². The molecule has 0 saturated carbocycles. The quantitative estimate of drug-likeness (QED) is 0.0328. The fourth-order valence-corrected chi connectivity index (χ4v) is 6.91. The van der Waals surface area contributed by atoms with Crippen molar-refractivity contribution in [3.63, 3.8) is 0 Å². The Labute approximate surface area is 334 Å². The first-order valence-corrected chi connectivity index (χ1v) is 23.2. The van der Waals surface area contributed by atoms with Crippen molar-refractivity contribution in [2.45, 2.75) is 251 Å². The van der Waals surface area contributed by atoms with Gasteiger partial charge < -0.3 is 20.3 Å². The van der Waals surface area contributed by atoms with Gasteiger partial charge in [0.25, 0.3) is 0 Å². The summed E-state index contributed by atoms with van der Waals surface area (Å²) in [5.74, 6) is -0.499. The Morgan fingerprint density at radius 2 is 0.944 bits per heavy atom. The largest absolute Gasteiger partial charge is 0.462 e. The van der Waals surface area contributed by atoms with E-state index < -0.39 is 18.2 Å². The predicted octanol–water partition coefficient (Wildman–Crippen LogP) is 13.3. The van der Waals surface area contributed by atoms with Crippen molar-refractivity contribution in [1.29, 1.82) is 0 Å². The second kappa shape index (κ2) is 42.2. The molecule has 0 saturated heterocycles. The highest BCUT2D eigenvalue weighted by Crippen LogP contribution is 2.17. The fraction of sp³-hybridized carbons (Fsp3) is 0.833. The van der Waals surface area contributed by atoms with E-state index in [2.05, 4.69) is 62.5 Å². The van der Waals surface area contributed by atoms with Gasteiger partial charge in [-0.15, -0.1) is 0 Å². The molecule has 0 spiro atoms. The number of hydrogen-bond donors (Lipinski definition) is 3. The van der Waals surface area contributed by atoms with E-state index in [0.29, 0.717) is 19.3 Å². The highest BCUT2D eigenvalue weighted by atomic mass is 16.5. The van der Waals surface area contributed by atoms with Crippen molar-refractivity contribution in [1.82, 2.24) is 5.32 Å². The molecule has 0 aliphatic carbocycles. The Balaban J connectivity index is 4.50. The highest BCUT2D eigenvalue weighted by molar-refractivity contribution is 5.77. The number of rotatable bonds is 41. The second-order valence-corrected chi connectivity index (χ2v) is 15.8. The van der Waals surface area contributed by atoms with Gasteiger partial charge in [0.2, 0.25) is 5.91 Å². The third kappa shape index (κ3) is 37.0. The fourth-order valence-electron chi connectivity index (χ4n) is 6.91. The standard InChI is InChI=1S/C48H89NO5/c1-4-7-10-13-16-19-21-22-23-24-25-26-27-29-32-35-38-41-48(53)54-44(39-36-33-30-18-15-12-9-6-3)42-47(52)49-45(43-50)46(51)40-37-34-31-28-20-17-14-11-8-5-2/h16,19,22-23,25-26,44-46,50-51H,4-15,17-18,20-21,24,27-43H2,1-3H3,(H,49,52)/b19-16-,23-22-,26-25-. The summed E-state index contributed by atoms with van der Waals surface area (Å²) in [5, 5.41) is 23.6. The number of allylic oxidation sites excluding steroid dienone is 6. The number of unbranched alkanes of at least 4 members (excludes halogenated alkanes) is 23. The molecule has 1 amide bonds. The maximum atomic E-state index is 13.1. The summed E-state index contributed by atoms with van der Waals surface area (Å²) in [6.07, 6.45) is 47.8. The monoisotopic (exact) mass is 760 g/mol. The van der Waals surface area contributed by atoms with E-state index in [1.165, 1.54) is 103 Å². The van der Waals surface area contributed by atoms with Crippen LogP contribution in [-0.4, -0.2) is 46.9 Å². The van der Waals surface area contributed by atoms with Gasteiger partial charge in [-0.05, 0) is 64.2 Å². The molecule has 0 heterocycles. The lowest BCUT2D eigenvalue weighted by atomic mass is 10.0. The molecule has 3 atom stereocenters. The molecule has 316 valence electrons. The van der Waals surface area contributed by atoms with Crippen LogP contribution in [-0.2, 0) is 14.3 Å². The van der Waals surface area contributed by atoms with Gasteiger partial charge in [0.1, 0.15) is 6.10 Å². The Kier molecular flexibility index (Phi) is 40.7. The molecule has 0 aliphatic rings. The summed E-state index contributed by atoms with van der Waals surface area (Å²) in [7, 11) is 0. The van der Waals surface area contributed by atoms with Gasteiger partial charge in [-0.3, -0.25) is 9.59 Å². The maximum Gasteiger partial charge on any atom is 0.306 e. The molecule has 0 rings (SSSR count). The first-order valence-electron chi connectivity index (χ1n) is 23.2. The second-order valence-electron chi connectivity index (χ2n) is 15.8. The average Bonchev–Trinajstić information content (AvgIpc) is 3.16. The maximum absolute atomic E-state index is 13.1. The molecule has 0 radical (unpaired) electrons. The molecular formula is C48H89NO5. The minimum atomic E-state index is -0.786. The van der Waals surface area contributed by atoms with Gasteiger partial charge in [0.05, 0.1) is 25.2 Å². The molecule has 0 aromatic rings. The van der Waals surface area contributed by atoms with Crippen LogP contribution in [0.4, 0.5) is 0 Å². The SMILES string of the molecule is CCCCC/C=C\C/C=C\C/C=C\CCCCCCC(=O)OC(CCCCCCCCCC)CC(=O)NC(CO)C(O)CCCCCCCCCCCC. The summed E-state index contributed by atoms with van der Waals surface area (Å²) in [5.41, 5.74) is 0. The van der Waals surface area contributed by atoms with Crippen molar-refractivity contribution in [3.05, 3.63) is 36.5 Å². The van der Waals surface area contributed by atoms with E-state index in [1.54, 1.807) is 0 Å². The van der Waals surface area contributed by atoms with Gasteiger partial charge in [-0.25, -0.2) is 0 Å². The number of hydrogen-bond acceptors (Lipinski definition) is 5. The van der Waals surface area contributed by atoms with Crippen LogP contribution in [0.5, 0.6) is 0 Å². The molecular weight excluding hydrogens is 671 g/mol. The van der Waals surface area contributed by atoms with Crippen molar-refractivity contribution >= 4 is 11.9 Å². The summed E-state index contributed by atoms with van der Waals surface area (Å²) >= 11 is 0. The summed E-state index contributed by atoms with van der Waals surface area (Å²) in [4.78, 5) is 25.9. The van der Waals surface area contributed by atoms with Crippen LogP contribution in [0, 0.1) is 0 Å². The van der Waals surface area contributed by atoms with Crippen molar-refractivity contribution < 1.29 is 24.5 Å². The van der Waals surface area contributed by atoms with Crippen molar-refractivity contribution in [2.75, 3.05) is 6.61 Å². The number of aliphatic hydroxyl groups excluding tert-OH is 2. The molecule has 0 fully saturated rings. The van der Waals surface area contributed by atoms with E-state index in [9.17, 15) is 19.8 Å². The number of carbonyl (C=O) groups excluding carboxylic acids is 2. The molecule has 0 bridgehead atoms. The molecule has 3 unspecified atom stereocenters. The first-order chi connectivity index (χ1) is 26.5. The summed E-state index contributed by atoms with van der Waals surface area (Å²) in [6, 6.07) is -0.700. The molecule has 0 aromatic heterocycles. The molecule has 54 heavy (non-hydrogen) atoms. The molecule has 0 aromatic carbocycles. The normalized spacial score (nSPS) is 13.6. The van der Waals surface area contributed by atoms with Crippen LogP contribution >= 0.6 is 0 Å². The van der Waals surface area contributed by atoms with Crippen LogP contribution in [0.1, 0.15) is 233 Å². The van der Waals surface area contributed by atoms with Gasteiger partial charge >= 0.3 is 5.97 Å². The molecule has 3 N–H and O–H groups in total. The van der Waals surface area contributed by atoms with Gasteiger partial charge in [-0.1, -0.05) is 192 Å². The van der Waals surface area contributed by atoms with E-state index in [4.69, 9.17) is 4.74 Å². The zero-order chi connectivity index (χ0) is 39.6. The summed E-state index contributed by atoms with van der Waals surface area (Å²) in [6.45, 7) is 6.41. The van der Waals surface area contributed by atoms with Crippen LogP contribution in [0.3, 0.4) is 0 Å². The van der Waals surface area contributed by atoms with Crippen molar-refractivity contribution in [3.8, 4) is 0 Å². The molecule has 6 nitrogen and oxygen atoms in total. The lowest BCUT2D eigenvalue weighted by molar-refractivity contribution is -0.151. The Morgan fingerprint density at radius 3 is 1.46 bits per heavy atom. The number of esters is 1. The average molecular weight is 760 g/mol. The zero-order valence-corrected chi connectivity index (χ0v) is 35.9. The van der Waals surface area contributed by atoms with Crippen LogP contribution in [0.15, 0.2) is 36.5 Å². The van der Waals surface area contributed by atoms with Crippen molar-refractivity contribution in [2.24, 2.45) is 0 Å². The number of aliphatic hydroxyl groups is 2. The van der Waals surface area contributed by atoms with E-state index in [1.807, 2.05) is 0 Å². The van der Waals surface area contributed by atoms with Gasteiger partial charge in [-0.2, -0.15) is 0 Å². The molecule has 0 aliphatic heterocycles. The van der Waals surface area contributed by atoms with E-state index >= 15 is 0 Å². The van der Waals surface area contributed by atoms with Gasteiger partial charge in [0.15, 0.2) is 0 Å². The lowest BCUT2D eigenvalue weighted by Crippen LogP contribution is -2.46. The summed E-state index contributed by atoms with van der Waals surface area (Å²) < 4.78 is 5.88. The third-order valence-electron chi connectivity index (χ3n) is 10.5.